The number of aryl methyl sites for hydroxylation is 1. The van der Waals surface area contributed by atoms with E-state index in [1.807, 2.05) is 6.92 Å². The number of ether oxygens (including phenoxy) is 1. The van der Waals surface area contributed by atoms with Gasteiger partial charge in [-0.05, 0) is 32.3 Å². The van der Waals surface area contributed by atoms with Gasteiger partial charge in [0.15, 0.2) is 0 Å². The summed E-state index contributed by atoms with van der Waals surface area (Å²) in [7, 11) is 0. The van der Waals surface area contributed by atoms with Crippen LogP contribution in [0.5, 0.6) is 0 Å². The highest BCUT2D eigenvalue weighted by atomic mass is 35.5. The molecule has 2 rings (SSSR count). The van der Waals surface area contributed by atoms with Gasteiger partial charge in [-0.2, -0.15) is 0 Å². The minimum Gasteiger partial charge on any atom is -0.373 e. The van der Waals surface area contributed by atoms with E-state index in [9.17, 15) is 4.79 Å². The summed E-state index contributed by atoms with van der Waals surface area (Å²) < 4.78 is 5.86. The molecule has 0 radical (unpaired) electrons. The van der Waals surface area contributed by atoms with E-state index in [2.05, 4.69) is 36.5 Å². The first-order valence-corrected chi connectivity index (χ1v) is 7.30. The molecule has 21 heavy (non-hydrogen) atoms. The van der Waals surface area contributed by atoms with Crippen molar-refractivity contribution in [3.05, 3.63) is 35.4 Å². The van der Waals surface area contributed by atoms with Crippen LogP contribution in [0.4, 0.5) is 0 Å². The Hall–Kier alpha value is -1.10. The van der Waals surface area contributed by atoms with Gasteiger partial charge in [-0.15, -0.1) is 12.4 Å². The molecular formula is C16H25ClN2O2. The second kappa shape index (κ2) is 8.37. The van der Waals surface area contributed by atoms with Gasteiger partial charge >= 0.3 is 0 Å². The zero-order chi connectivity index (χ0) is 14.5. The highest BCUT2D eigenvalue weighted by Gasteiger charge is 2.33. The topological polar surface area (TPSA) is 64.3 Å². The van der Waals surface area contributed by atoms with Crippen LogP contribution in [-0.4, -0.2) is 25.1 Å². The molecule has 0 spiro atoms. The largest absolute Gasteiger partial charge is 0.373 e. The monoisotopic (exact) mass is 312 g/mol. The fraction of sp³-hybridized carbons (Fsp3) is 0.562. The van der Waals surface area contributed by atoms with Crippen molar-refractivity contribution < 1.29 is 9.53 Å². The second-order valence-corrected chi connectivity index (χ2v) is 5.60. The first-order chi connectivity index (χ1) is 9.61. The van der Waals surface area contributed by atoms with E-state index in [4.69, 9.17) is 10.5 Å². The van der Waals surface area contributed by atoms with E-state index in [1.54, 1.807) is 0 Å². The molecule has 0 aromatic heterocycles. The quantitative estimate of drug-likeness (QED) is 0.897. The third-order valence-electron chi connectivity index (χ3n) is 3.81. The van der Waals surface area contributed by atoms with Gasteiger partial charge in [-0.25, -0.2) is 0 Å². The summed E-state index contributed by atoms with van der Waals surface area (Å²) in [5, 5.41) is 2.97. The van der Waals surface area contributed by atoms with Crippen LogP contribution in [0.3, 0.4) is 0 Å². The van der Waals surface area contributed by atoms with Crippen LogP contribution in [0.25, 0.3) is 0 Å². The van der Waals surface area contributed by atoms with Crippen molar-refractivity contribution in [3.8, 4) is 0 Å². The van der Waals surface area contributed by atoms with Crippen molar-refractivity contribution in [3.63, 3.8) is 0 Å². The van der Waals surface area contributed by atoms with Crippen molar-refractivity contribution in [1.29, 1.82) is 0 Å². The summed E-state index contributed by atoms with van der Waals surface area (Å²) in [6.45, 7) is 5.14. The molecule has 5 heteroatoms. The molecule has 1 aromatic carbocycles. The number of carbonyl (C=O) groups is 1. The maximum atomic E-state index is 12.4. The van der Waals surface area contributed by atoms with Crippen LogP contribution in [-0.2, 0) is 9.53 Å². The van der Waals surface area contributed by atoms with Crippen molar-refractivity contribution in [1.82, 2.24) is 5.32 Å². The Balaban J connectivity index is 0.00000220. The number of nitrogens with two attached hydrogens (primary N) is 1. The zero-order valence-electron chi connectivity index (χ0n) is 12.7. The summed E-state index contributed by atoms with van der Waals surface area (Å²) in [6, 6.07) is 8.23. The molecule has 1 aliphatic heterocycles. The predicted octanol–water partition coefficient (Wildman–Crippen LogP) is 2.35. The molecule has 1 heterocycles. The number of nitrogens with one attached hydrogen (secondary N) is 1. The van der Waals surface area contributed by atoms with Crippen molar-refractivity contribution in [2.45, 2.75) is 38.8 Å². The molecule has 1 fully saturated rings. The number of hydrogen-bond acceptors (Lipinski definition) is 3. The summed E-state index contributed by atoms with van der Waals surface area (Å²) in [6.07, 6.45) is 1.65. The van der Waals surface area contributed by atoms with Gasteiger partial charge in [0.25, 0.3) is 0 Å². The van der Waals surface area contributed by atoms with Crippen molar-refractivity contribution >= 4 is 18.3 Å². The minimum absolute atomic E-state index is 0. The number of hydrogen-bond donors (Lipinski definition) is 2. The summed E-state index contributed by atoms with van der Waals surface area (Å²) in [5.74, 6) is -0.0753. The fourth-order valence-corrected chi connectivity index (χ4v) is 2.54. The maximum absolute atomic E-state index is 12.4. The highest BCUT2D eigenvalue weighted by Crippen LogP contribution is 2.33. The summed E-state index contributed by atoms with van der Waals surface area (Å²) in [4.78, 5) is 12.4. The average Bonchev–Trinajstić information content (AvgIpc) is 2.48. The number of amides is 1. The molecule has 1 aliphatic rings. The van der Waals surface area contributed by atoms with E-state index in [0.29, 0.717) is 6.54 Å². The molecule has 1 aromatic rings. The van der Waals surface area contributed by atoms with E-state index < -0.39 is 0 Å². The van der Waals surface area contributed by atoms with Crippen LogP contribution in [0.15, 0.2) is 24.3 Å². The number of halogens is 1. The standard InChI is InChI=1S/C16H24N2O2.ClH/c1-11-5-7-13(8-6-11)15-14(4-3-9-20-15)16(19)18-12(2)10-17;/h5-8,12,14-15H,3-4,9-10,17H2,1-2H3,(H,18,19);1H/t12-,14?,15?;/m0./s1. The highest BCUT2D eigenvalue weighted by molar-refractivity contribution is 5.85. The molecule has 118 valence electrons. The van der Waals surface area contributed by atoms with Crippen LogP contribution in [0.2, 0.25) is 0 Å². The SMILES string of the molecule is Cc1ccc(C2OCCCC2C(=O)N[C@@H](C)CN)cc1.Cl. The molecule has 3 N–H and O–H groups in total. The normalized spacial score (nSPS) is 23.0. The van der Waals surface area contributed by atoms with Crippen LogP contribution in [0.1, 0.15) is 37.0 Å². The van der Waals surface area contributed by atoms with Gasteiger partial charge in [-0.1, -0.05) is 29.8 Å². The van der Waals surface area contributed by atoms with Gasteiger partial charge < -0.3 is 15.8 Å². The van der Waals surface area contributed by atoms with Crippen molar-refractivity contribution in [2.75, 3.05) is 13.2 Å². The van der Waals surface area contributed by atoms with Crippen molar-refractivity contribution in [2.24, 2.45) is 11.7 Å². The first kappa shape index (κ1) is 18.0. The molecule has 0 bridgehead atoms. The van der Waals surface area contributed by atoms with Crippen LogP contribution < -0.4 is 11.1 Å². The Labute approximate surface area is 132 Å². The fourth-order valence-electron chi connectivity index (χ4n) is 2.54. The van der Waals surface area contributed by atoms with Gasteiger partial charge in [0, 0.05) is 19.2 Å². The van der Waals surface area contributed by atoms with Crippen LogP contribution >= 0.6 is 12.4 Å². The lowest BCUT2D eigenvalue weighted by Gasteiger charge is -2.32. The average molecular weight is 313 g/mol. The third-order valence-corrected chi connectivity index (χ3v) is 3.81. The Kier molecular flexibility index (Phi) is 7.15. The molecule has 1 amide bonds. The summed E-state index contributed by atoms with van der Waals surface area (Å²) >= 11 is 0. The molecule has 2 unspecified atom stereocenters. The Morgan fingerprint density at radius 2 is 2.10 bits per heavy atom. The number of rotatable bonds is 4. The van der Waals surface area contributed by atoms with Gasteiger partial charge in [-0.3, -0.25) is 4.79 Å². The van der Waals surface area contributed by atoms with Crippen LogP contribution in [0, 0.1) is 12.8 Å². The molecule has 0 saturated carbocycles. The lowest BCUT2D eigenvalue weighted by atomic mass is 9.88. The van der Waals surface area contributed by atoms with E-state index in [0.717, 1.165) is 25.0 Å². The minimum atomic E-state index is -0.144. The number of carbonyl (C=O) groups excluding carboxylic acids is 1. The lowest BCUT2D eigenvalue weighted by Crippen LogP contribution is -2.44. The zero-order valence-corrected chi connectivity index (χ0v) is 13.5. The molecular weight excluding hydrogens is 288 g/mol. The second-order valence-electron chi connectivity index (χ2n) is 5.60. The number of benzene rings is 1. The van der Waals surface area contributed by atoms with E-state index in [-0.39, 0.29) is 36.4 Å². The van der Waals surface area contributed by atoms with E-state index in [1.165, 1.54) is 5.56 Å². The summed E-state index contributed by atoms with van der Waals surface area (Å²) in [5.41, 5.74) is 7.86. The van der Waals surface area contributed by atoms with Gasteiger partial charge in [0.05, 0.1) is 12.0 Å². The van der Waals surface area contributed by atoms with Gasteiger partial charge in [0.1, 0.15) is 0 Å². The molecule has 1 saturated heterocycles. The first-order valence-electron chi connectivity index (χ1n) is 7.30. The predicted molar refractivity (Wildman–Crippen MR) is 86.5 cm³/mol. The Morgan fingerprint density at radius 1 is 1.43 bits per heavy atom. The van der Waals surface area contributed by atoms with E-state index >= 15 is 0 Å². The van der Waals surface area contributed by atoms with Gasteiger partial charge in [0.2, 0.25) is 5.91 Å². The smallest absolute Gasteiger partial charge is 0.226 e. The molecule has 3 atom stereocenters. The third kappa shape index (κ3) is 4.70. The Morgan fingerprint density at radius 3 is 2.71 bits per heavy atom. The Bertz CT molecular complexity index is 450. The lowest BCUT2D eigenvalue weighted by molar-refractivity contribution is -0.135. The molecule has 0 aliphatic carbocycles. The molecule has 4 nitrogen and oxygen atoms in total. The maximum Gasteiger partial charge on any atom is 0.226 e.